The van der Waals surface area contributed by atoms with Crippen molar-refractivity contribution in [3.63, 3.8) is 0 Å². The number of ether oxygens (including phenoxy) is 1. The number of hydrogen-bond acceptors (Lipinski definition) is 7. The van der Waals surface area contributed by atoms with E-state index in [0.717, 1.165) is 43.5 Å². The van der Waals surface area contributed by atoms with Gasteiger partial charge in [-0.15, -0.1) is 0 Å². The first-order valence-electron chi connectivity index (χ1n) is 13.8. The lowest BCUT2D eigenvalue weighted by Gasteiger charge is -2.24. The lowest BCUT2D eigenvalue weighted by Crippen LogP contribution is -2.26. The van der Waals surface area contributed by atoms with Crippen LogP contribution < -0.4 is 15.0 Å². The number of nitrogens with zero attached hydrogens (tertiary/aromatic N) is 4. The van der Waals surface area contributed by atoms with Crippen molar-refractivity contribution in [2.45, 2.75) is 101 Å². The van der Waals surface area contributed by atoms with Gasteiger partial charge in [-0.25, -0.2) is 0 Å². The molecular formula is C30H49N5O2. The van der Waals surface area contributed by atoms with Crippen molar-refractivity contribution in [1.82, 2.24) is 9.97 Å². The van der Waals surface area contributed by atoms with Crippen LogP contribution in [0, 0.1) is 24.2 Å². The molecule has 0 saturated heterocycles. The van der Waals surface area contributed by atoms with Gasteiger partial charge in [0, 0.05) is 24.8 Å². The van der Waals surface area contributed by atoms with E-state index in [-0.39, 0.29) is 17.9 Å². The van der Waals surface area contributed by atoms with Crippen molar-refractivity contribution in [3.8, 4) is 12.1 Å². The quantitative estimate of drug-likeness (QED) is 0.288. The molecular weight excluding hydrogens is 462 g/mol. The molecule has 0 bridgehead atoms. The van der Waals surface area contributed by atoms with Crippen LogP contribution in [0.15, 0.2) is 18.2 Å². The van der Waals surface area contributed by atoms with E-state index >= 15 is 0 Å². The van der Waals surface area contributed by atoms with E-state index in [1.807, 2.05) is 52.6 Å². The number of benzene rings is 1. The highest BCUT2D eigenvalue weighted by atomic mass is 16.5. The number of Topliss-reactive ketones (excluding diaryl/α,β-unsaturated/α-hetero) is 1. The second kappa shape index (κ2) is 18.2. The maximum Gasteiger partial charge on any atom is 0.320 e. The van der Waals surface area contributed by atoms with Gasteiger partial charge in [-0.1, -0.05) is 80.4 Å². The highest BCUT2D eigenvalue weighted by molar-refractivity contribution is 5.95. The van der Waals surface area contributed by atoms with Gasteiger partial charge in [0.1, 0.15) is 17.7 Å². The van der Waals surface area contributed by atoms with Gasteiger partial charge >= 0.3 is 6.01 Å². The minimum atomic E-state index is -0.0235. The Labute approximate surface area is 225 Å². The van der Waals surface area contributed by atoms with E-state index in [9.17, 15) is 10.1 Å². The fourth-order valence-electron chi connectivity index (χ4n) is 3.74. The molecule has 2 rings (SSSR count). The Balaban J connectivity index is 0.00000308. The van der Waals surface area contributed by atoms with Gasteiger partial charge in [0.05, 0.1) is 0 Å². The molecule has 2 aromatic rings. The maximum absolute atomic E-state index is 11.9. The smallest absolute Gasteiger partial charge is 0.320 e. The number of ketones is 1. The van der Waals surface area contributed by atoms with Crippen molar-refractivity contribution in [2.75, 3.05) is 23.8 Å². The molecule has 0 unspecified atom stereocenters. The van der Waals surface area contributed by atoms with Crippen LogP contribution in [0.5, 0.6) is 6.01 Å². The Morgan fingerprint density at radius 2 is 1.70 bits per heavy atom. The summed E-state index contributed by atoms with van der Waals surface area (Å²) >= 11 is 0. The highest BCUT2D eigenvalue weighted by Gasteiger charge is 2.21. The Morgan fingerprint density at radius 3 is 2.19 bits per heavy atom. The monoisotopic (exact) mass is 511 g/mol. The third-order valence-corrected chi connectivity index (χ3v) is 5.37. The number of anilines is 3. The van der Waals surface area contributed by atoms with Crippen LogP contribution in [0.2, 0.25) is 0 Å². The molecule has 0 saturated carbocycles. The Hall–Kier alpha value is -3.14. The van der Waals surface area contributed by atoms with E-state index in [1.54, 1.807) is 12.1 Å². The number of carbonyl (C=O) groups excluding carboxylic acids is 1. The van der Waals surface area contributed by atoms with Crippen LogP contribution in [-0.4, -0.2) is 35.4 Å². The summed E-state index contributed by atoms with van der Waals surface area (Å²) in [6.07, 6.45) is 3.85. The number of nitrogens with one attached hydrogen (secondary N) is 1. The summed E-state index contributed by atoms with van der Waals surface area (Å²) in [5.41, 5.74) is 2.60. The largest absolute Gasteiger partial charge is 0.460 e. The molecule has 0 radical (unpaired) electrons. The average molecular weight is 512 g/mol. The molecule has 37 heavy (non-hydrogen) atoms. The minimum absolute atomic E-state index is 0.0202. The number of hydrogen-bond donors (Lipinski definition) is 1. The second-order valence-electron chi connectivity index (χ2n) is 8.97. The number of nitriles is 1. The summed E-state index contributed by atoms with van der Waals surface area (Å²) in [5, 5.41) is 13.3. The van der Waals surface area contributed by atoms with Crippen molar-refractivity contribution >= 4 is 23.1 Å². The first-order valence-corrected chi connectivity index (χ1v) is 13.8. The first kappa shape index (κ1) is 33.9. The summed E-state index contributed by atoms with van der Waals surface area (Å²) in [4.78, 5) is 23.1. The second-order valence-corrected chi connectivity index (χ2v) is 8.97. The molecule has 0 amide bonds. The molecule has 0 atom stereocenters. The van der Waals surface area contributed by atoms with Crippen molar-refractivity contribution in [2.24, 2.45) is 5.92 Å². The summed E-state index contributed by atoms with van der Waals surface area (Å²) in [5.74, 6) is 1.28. The zero-order valence-corrected chi connectivity index (χ0v) is 25.0. The zero-order valence-electron chi connectivity index (χ0n) is 25.0. The van der Waals surface area contributed by atoms with Crippen molar-refractivity contribution in [3.05, 3.63) is 34.9 Å². The summed E-state index contributed by atoms with van der Waals surface area (Å²) in [7, 11) is 1.92. The van der Waals surface area contributed by atoms with E-state index < -0.39 is 0 Å². The van der Waals surface area contributed by atoms with Gasteiger partial charge in [0.25, 0.3) is 0 Å². The van der Waals surface area contributed by atoms with Gasteiger partial charge in [-0.3, -0.25) is 4.79 Å². The molecule has 7 heteroatoms. The fraction of sp³-hybridized carbons (Fsp3) is 0.600. The maximum atomic E-state index is 11.9. The van der Waals surface area contributed by atoms with E-state index in [0.29, 0.717) is 28.7 Å². The van der Waals surface area contributed by atoms with Crippen LogP contribution in [0.4, 0.5) is 17.3 Å². The van der Waals surface area contributed by atoms with Gasteiger partial charge < -0.3 is 15.0 Å². The van der Waals surface area contributed by atoms with Gasteiger partial charge in [-0.2, -0.15) is 15.2 Å². The number of carbonyl (C=O) groups is 1. The molecule has 7 nitrogen and oxygen atoms in total. The average Bonchev–Trinajstić information content (AvgIpc) is 2.87. The van der Waals surface area contributed by atoms with Gasteiger partial charge in [0.2, 0.25) is 0 Å². The Bertz CT molecular complexity index is 992. The third-order valence-electron chi connectivity index (χ3n) is 5.37. The summed E-state index contributed by atoms with van der Waals surface area (Å²) in [6.45, 7) is 20.7. The number of aryl methyl sites for hydroxylation is 1. The van der Waals surface area contributed by atoms with Crippen molar-refractivity contribution in [1.29, 1.82) is 5.26 Å². The van der Waals surface area contributed by atoms with E-state index in [4.69, 9.17) is 4.74 Å². The molecule has 1 N–H and O–H groups in total. The molecule has 206 valence electrons. The van der Waals surface area contributed by atoms with Crippen LogP contribution in [0.1, 0.15) is 109 Å². The third kappa shape index (κ3) is 10.8. The molecule has 1 aromatic carbocycles. The molecule has 0 aliphatic carbocycles. The Morgan fingerprint density at radius 1 is 1.11 bits per heavy atom. The predicted molar refractivity (Wildman–Crippen MR) is 156 cm³/mol. The topological polar surface area (TPSA) is 91.1 Å². The van der Waals surface area contributed by atoms with Gasteiger partial charge in [0.15, 0.2) is 17.4 Å². The van der Waals surface area contributed by atoms with Crippen molar-refractivity contribution < 1.29 is 9.53 Å². The zero-order chi connectivity index (χ0) is 28.5. The fourth-order valence-corrected chi connectivity index (χ4v) is 3.74. The highest BCUT2D eigenvalue weighted by Crippen LogP contribution is 2.31. The molecule has 0 aliphatic heterocycles. The summed E-state index contributed by atoms with van der Waals surface area (Å²) < 4.78 is 6.21. The SMILES string of the molecule is CC.CC.CCCC(CCC)Oc1nc(Nc2cc(C(C)=O)ccc2C)c(C#N)c(N(C)CC(C)C)n1. The molecule has 1 heterocycles. The molecule has 1 aromatic heterocycles. The van der Waals surface area contributed by atoms with Crippen LogP contribution >= 0.6 is 0 Å². The molecule has 0 aliphatic rings. The van der Waals surface area contributed by atoms with Crippen LogP contribution in [0.25, 0.3) is 0 Å². The normalized spacial score (nSPS) is 10.1. The minimum Gasteiger partial charge on any atom is -0.460 e. The number of aromatic nitrogens is 2. The summed E-state index contributed by atoms with van der Waals surface area (Å²) in [6, 6.07) is 8.00. The lowest BCUT2D eigenvalue weighted by atomic mass is 10.1. The van der Waals surface area contributed by atoms with E-state index in [2.05, 4.69) is 49.0 Å². The lowest BCUT2D eigenvalue weighted by molar-refractivity contribution is 0.101. The molecule has 0 spiro atoms. The first-order chi connectivity index (χ1) is 17.7. The van der Waals surface area contributed by atoms with E-state index in [1.165, 1.54) is 6.92 Å². The van der Waals surface area contributed by atoms with Crippen LogP contribution in [-0.2, 0) is 0 Å². The number of rotatable bonds is 12. The van der Waals surface area contributed by atoms with Crippen LogP contribution in [0.3, 0.4) is 0 Å². The van der Waals surface area contributed by atoms with Gasteiger partial charge in [-0.05, 0) is 44.2 Å². The molecule has 0 fully saturated rings. The Kier molecular flexibility index (Phi) is 16.6. The standard InChI is InChI=1S/C26H37N5O2.2C2H6/c1-8-10-21(11-9-2)33-26-29-24(22(15-27)25(30-26)31(7)16-17(3)4)28-23-14-20(19(6)32)13-12-18(23)5;2*1-2/h12-14,17,21H,8-11,16H2,1-7H3,(H,28,29,30);2*1-2H3. The predicted octanol–water partition coefficient (Wildman–Crippen LogP) is 8.10.